The van der Waals surface area contributed by atoms with Crippen molar-refractivity contribution in [2.45, 2.75) is 13.8 Å². The van der Waals surface area contributed by atoms with E-state index in [9.17, 15) is 30.3 Å². The van der Waals surface area contributed by atoms with Crippen molar-refractivity contribution < 1.29 is 14.6 Å². The zero-order chi connectivity index (χ0) is 22.7. The van der Waals surface area contributed by atoms with Crippen LogP contribution in [0.3, 0.4) is 0 Å². The molecule has 0 spiro atoms. The Morgan fingerprint density at radius 3 is 2.23 bits per heavy atom. The van der Waals surface area contributed by atoms with Crippen molar-refractivity contribution in [2.75, 3.05) is 0 Å². The van der Waals surface area contributed by atoms with E-state index in [0.29, 0.717) is 11.3 Å². The predicted octanol–water partition coefficient (Wildman–Crippen LogP) is 4.70. The molecule has 0 N–H and O–H groups in total. The fourth-order valence-electron chi connectivity index (χ4n) is 3.27. The Balaban J connectivity index is 2.01. The Labute approximate surface area is 176 Å². The van der Waals surface area contributed by atoms with Crippen LogP contribution in [0.1, 0.15) is 27.3 Å². The summed E-state index contributed by atoms with van der Waals surface area (Å²) in [6, 6.07) is 14.9. The Bertz CT molecular complexity index is 1280. The van der Waals surface area contributed by atoms with Crippen LogP contribution >= 0.6 is 0 Å². The second-order valence-electron chi connectivity index (χ2n) is 6.74. The first-order valence-corrected chi connectivity index (χ1v) is 9.07. The van der Waals surface area contributed by atoms with Gasteiger partial charge in [0.1, 0.15) is 11.6 Å². The summed E-state index contributed by atoms with van der Waals surface area (Å²) < 4.78 is 1.85. The number of hydrogen-bond acceptors (Lipinski definition) is 6. The number of aryl methyl sites for hydroxylation is 1. The maximum absolute atomic E-state index is 12.7. The molecule has 0 aliphatic carbocycles. The number of carbonyl (C=O) groups is 1. The van der Waals surface area contributed by atoms with Crippen LogP contribution in [-0.2, 0) is 0 Å². The topological polar surface area (TPSA) is 132 Å². The van der Waals surface area contributed by atoms with Gasteiger partial charge in [-0.05, 0) is 43.7 Å². The monoisotopic (exact) mass is 416 g/mol. The molecule has 31 heavy (non-hydrogen) atoms. The van der Waals surface area contributed by atoms with Crippen LogP contribution in [-0.4, -0.2) is 20.2 Å². The van der Waals surface area contributed by atoms with Crippen molar-refractivity contribution in [2.24, 2.45) is 0 Å². The third-order valence-corrected chi connectivity index (χ3v) is 4.77. The molecule has 0 fully saturated rings. The van der Waals surface area contributed by atoms with Crippen molar-refractivity contribution in [1.82, 2.24) is 4.57 Å². The van der Waals surface area contributed by atoms with Crippen LogP contribution < -0.4 is 0 Å². The number of nitro benzene ring substituents is 2. The number of allylic oxidation sites excluding steroid dienone is 1. The highest BCUT2D eigenvalue weighted by molar-refractivity contribution is 6.14. The lowest BCUT2D eigenvalue weighted by Crippen LogP contribution is -2.03. The first-order valence-electron chi connectivity index (χ1n) is 9.07. The molecule has 1 aromatic heterocycles. The zero-order valence-electron chi connectivity index (χ0n) is 16.6. The van der Waals surface area contributed by atoms with Crippen molar-refractivity contribution in [3.63, 3.8) is 0 Å². The fourth-order valence-corrected chi connectivity index (χ4v) is 3.27. The van der Waals surface area contributed by atoms with E-state index in [1.807, 2.05) is 17.6 Å². The van der Waals surface area contributed by atoms with Crippen molar-refractivity contribution in [1.29, 1.82) is 5.26 Å². The van der Waals surface area contributed by atoms with Gasteiger partial charge in [-0.25, -0.2) is 0 Å². The minimum absolute atomic E-state index is 0.0272. The summed E-state index contributed by atoms with van der Waals surface area (Å²) in [5.74, 6) is -0.619. The molecule has 1 heterocycles. The van der Waals surface area contributed by atoms with Crippen molar-refractivity contribution in [3.8, 4) is 11.8 Å². The van der Waals surface area contributed by atoms with Crippen molar-refractivity contribution in [3.05, 3.63) is 103 Å². The first kappa shape index (κ1) is 21.1. The lowest BCUT2D eigenvalue weighted by Gasteiger charge is -2.09. The second-order valence-corrected chi connectivity index (χ2v) is 6.74. The van der Waals surface area contributed by atoms with E-state index in [4.69, 9.17) is 0 Å². The Morgan fingerprint density at radius 2 is 1.65 bits per heavy atom. The molecule has 0 aliphatic rings. The van der Waals surface area contributed by atoms with Gasteiger partial charge in [0.15, 0.2) is 0 Å². The molecule has 3 aromatic rings. The zero-order valence-corrected chi connectivity index (χ0v) is 16.6. The first-order chi connectivity index (χ1) is 14.7. The van der Waals surface area contributed by atoms with Gasteiger partial charge in [-0.2, -0.15) is 5.26 Å². The number of non-ortho nitro benzene ring substituents is 2. The summed E-state index contributed by atoms with van der Waals surface area (Å²) in [7, 11) is 0. The molecular formula is C22H16N4O5. The summed E-state index contributed by atoms with van der Waals surface area (Å²) in [6.07, 6.45) is 1.44. The molecule has 0 amide bonds. The average molecular weight is 416 g/mol. The molecule has 0 atom stereocenters. The standard InChI is InChI=1S/C22H16N4O5/c1-14-10-17(15(2)24(14)19-6-8-20(9-7-19)25(28)29)11-18(13-23)22(27)16-4-3-5-21(12-16)26(30)31/h3-12H,1-2H3/b18-11+. The molecule has 9 nitrogen and oxygen atoms in total. The molecule has 3 rings (SSSR count). The van der Waals surface area contributed by atoms with Crippen LogP contribution in [0.25, 0.3) is 11.8 Å². The van der Waals surface area contributed by atoms with E-state index in [1.54, 1.807) is 25.1 Å². The highest BCUT2D eigenvalue weighted by Crippen LogP contribution is 2.25. The molecule has 2 aromatic carbocycles. The molecular weight excluding hydrogens is 400 g/mol. The van der Waals surface area contributed by atoms with Gasteiger partial charge in [-0.3, -0.25) is 25.0 Å². The quantitative estimate of drug-likeness (QED) is 0.188. The average Bonchev–Trinajstić information content (AvgIpc) is 3.04. The second kappa shape index (κ2) is 8.42. The van der Waals surface area contributed by atoms with Crippen LogP contribution in [0.2, 0.25) is 0 Å². The number of hydrogen-bond donors (Lipinski definition) is 0. The van der Waals surface area contributed by atoms with Crippen LogP contribution in [0.15, 0.2) is 60.2 Å². The number of benzene rings is 2. The summed E-state index contributed by atoms with van der Waals surface area (Å²) >= 11 is 0. The largest absolute Gasteiger partial charge is 0.318 e. The smallest absolute Gasteiger partial charge is 0.270 e. The number of nitriles is 1. The molecule has 0 radical (unpaired) electrons. The van der Waals surface area contributed by atoms with Gasteiger partial charge >= 0.3 is 0 Å². The number of rotatable bonds is 6. The van der Waals surface area contributed by atoms with Gasteiger partial charge in [0, 0.05) is 46.9 Å². The number of Topliss-reactive ketones (excluding diaryl/α,β-unsaturated/α-hetero) is 1. The van der Waals surface area contributed by atoms with Gasteiger partial charge in [-0.1, -0.05) is 12.1 Å². The summed E-state index contributed by atoms with van der Waals surface area (Å²) in [5.41, 5.74) is 2.47. The minimum Gasteiger partial charge on any atom is -0.318 e. The molecule has 0 unspecified atom stereocenters. The highest BCUT2D eigenvalue weighted by Gasteiger charge is 2.18. The molecule has 9 heteroatoms. The lowest BCUT2D eigenvalue weighted by atomic mass is 10.0. The van der Waals surface area contributed by atoms with Gasteiger partial charge in [-0.15, -0.1) is 0 Å². The molecule has 0 saturated heterocycles. The van der Waals surface area contributed by atoms with E-state index in [-0.39, 0.29) is 22.5 Å². The fraction of sp³-hybridized carbons (Fsp3) is 0.0909. The van der Waals surface area contributed by atoms with Crippen LogP contribution in [0, 0.1) is 45.4 Å². The van der Waals surface area contributed by atoms with Gasteiger partial charge in [0.05, 0.1) is 9.85 Å². The third kappa shape index (κ3) is 4.23. The van der Waals surface area contributed by atoms with Crippen molar-refractivity contribution >= 4 is 23.2 Å². The molecule has 0 aliphatic heterocycles. The van der Waals surface area contributed by atoms with E-state index in [0.717, 1.165) is 17.5 Å². The van der Waals surface area contributed by atoms with E-state index >= 15 is 0 Å². The Kier molecular flexibility index (Phi) is 5.74. The molecule has 154 valence electrons. The van der Waals surface area contributed by atoms with Gasteiger partial charge in [0.2, 0.25) is 5.78 Å². The summed E-state index contributed by atoms with van der Waals surface area (Å²) in [4.78, 5) is 33.5. The van der Waals surface area contributed by atoms with Gasteiger partial charge in [0.25, 0.3) is 11.4 Å². The molecule has 0 bridgehead atoms. The van der Waals surface area contributed by atoms with E-state index < -0.39 is 15.6 Å². The van der Waals surface area contributed by atoms with E-state index in [1.165, 1.54) is 36.4 Å². The highest BCUT2D eigenvalue weighted by atomic mass is 16.6. The van der Waals surface area contributed by atoms with E-state index in [2.05, 4.69) is 0 Å². The number of carbonyl (C=O) groups excluding carboxylic acids is 1. The SMILES string of the molecule is Cc1cc(/C=C(\C#N)C(=O)c2cccc([N+](=O)[O-])c2)c(C)n1-c1ccc([N+](=O)[O-])cc1. The lowest BCUT2D eigenvalue weighted by molar-refractivity contribution is -0.385. The summed E-state index contributed by atoms with van der Waals surface area (Å²) in [5, 5.41) is 31.4. The number of nitrogens with zero attached hydrogens (tertiary/aromatic N) is 4. The third-order valence-electron chi connectivity index (χ3n) is 4.77. The minimum atomic E-state index is -0.619. The maximum atomic E-state index is 12.7. The number of nitro groups is 2. The Morgan fingerprint density at radius 1 is 1.00 bits per heavy atom. The number of aromatic nitrogens is 1. The van der Waals surface area contributed by atoms with Crippen LogP contribution in [0.4, 0.5) is 11.4 Å². The maximum Gasteiger partial charge on any atom is 0.270 e. The normalized spacial score (nSPS) is 11.1. The number of ketones is 1. The molecule has 0 saturated carbocycles. The predicted molar refractivity (Wildman–Crippen MR) is 113 cm³/mol. The Hall–Kier alpha value is -4.58. The summed E-state index contributed by atoms with van der Waals surface area (Å²) in [6.45, 7) is 3.63. The van der Waals surface area contributed by atoms with Gasteiger partial charge < -0.3 is 4.57 Å². The van der Waals surface area contributed by atoms with Crippen LogP contribution in [0.5, 0.6) is 0 Å².